The van der Waals surface area contributed by atoms with Crippen molar-refractivity contribution in [1.82, 2.24) is 0 Å². The molecule has 0 spiro atoms. The average molecular weight is 286 g/mol. The molecule has 0 saturated heterocycles. The summed E-state index contributed by atoms with van der Waals surface area (Å²) in [6.07, 6.45) is 1.91. The minimum absolute atomic E-state index is 0.213. The summed E-state index contributed by atoms with van der Waals surface area (Å²) in [5, 5.41) is 0. The molecule has 1 aromatic heterocycles. The molecule has 2 rings (SSSR count). The van der Waals surface area contributed by atoms with Gasteiger partial charge in [-0.25, -0.2) is 0 Å². The van der Waals surface area contributed by atoms with Gasteiger partial charge in [-0.05, 0) is 50.5 Å². The lowest BCUT2D eigenvalue weighted by Crippen LogP contribution is -2.24. The topological polar surface area (TPSA) is 42.4 Å². The lowest BCUT2D eigenvalue weighted by Gasteiger charge is -2.23. The summed E-state index contributed by atoms with van der Waals surface area (Å²) < 4.78 is 5.68. The molecule has 0 aliphatic rings. The third-order valence-electron chi connectivity index (χ3n) is 3.84. The van der Waals surface area contributed by atoms with Crippen LogP contribution in [-0.2, 0) is 13.0 Å². The fraction of sp³-hybridized carbons (Fsp3) is 0.444. The molecule has 114 valence electrons. The molecule has 0 bridgehead atoms. The number of nitrogens with zero attached hydrogens (tertiary/aromatic N) is 1. The van der Waals surface area contributed by atoms with Gasteiger partial charge in [0.2, 0.25) is 0 Å². The molecule has 0 saturated carbocycles. The molecule has 0 aliphatic heterocycles. The van der Waals surface area contributed by atoms with Crippen molar-refractivity contribution in [2.45, 2.75) is 46.2 Å². The van der Waals surface area contributed by atoms with E-state index in [1.807, 2.05) is 19.1 Å². The molecule has 3 nitrogen and oxygen atoms in total. The predicted molar refractivity (Wildman–Crippen MR) is 88.7 cm³/mol. The summed E-state index contributed by atoms with van der Waals surface area (Å²) in [5.41, 5.74) is 9.97. The van der Waals surface area contributed by atoms with E-state index in [0.29, 0.717) is 0 Å². The van der Waals surface area contributed by atoms with Gasteiger partial charge < -0.3 is 15.1 Å². The van der Waals surface area contributed by atoms with E-state index in [-0.39, 0.29) is 6.04 Å². The van der Waals surface area contributed by atoms with Gasteiger partial charge in [0, 0.05) is 18.8 Å². The highest BCUT2D eigenvalue weighted by atomic mass is 16.3. The van der Waals surface area contributed by atoms with Gasteiger partial charge >= 0.3 is 0 Å². The van der Waals surface area contributed by atoms with Gasteiger partial charge in [-0.1, -0.05) is 24.6 Å². The van der Waals surface area contributed by atoms with Crippen molar-refractivity contribution < 1.29 is 4.42 Å². The molecule has 1 unspecified atom stereocenters. The summed E-state index contributed by atoms with van der Waals surface area (Å²) in [6.45, 7) is 7.00. The second-order valence-corrected chi connectivity index (χ2v) is 5.87. The highest BCUT2D eigenvalue weighted by Gasteiger charge is 2.12. The molecule has 1 atom stereocenters. The smallest absolute Gasteiger partial charge is 0.123 e. The molecule has 1 aromatic carbocycles. The van der Waals surface area contributed by atoms with Crippen molar-refractivity contribution in [2.24, 2.45) is 5.73 Å². The zero-order valence-electron chi connectivity index (χ0n) is 13.5. The molecule has 2 aromatic rings. The van der Waals surface area contributed by atoms with Crippen LogP contribution in [-0.4, -0.2) is 13.1 Å². The zero-order chi connectivity index (χ0) is 15.4. The maximum absolute atomic E-state index is 6.14. The Labute approximate surface area is 127 Å². The van der Waals surface area contributed by atoms with Gasteiger partial charge in [0.25, 0.3) is 0 Å². The second-order valence-electron chi connectivity index (χ2n) is 5.87. The molecule has 21 heavy (non-hydrogen) atoms. The van der Waals surface area contributed by atoms with Crippen molar-refractivity contribution in [3.8, 4) is 0 Å². The summed E-state index contributed by atoms with van der Waals surface area (Å²) in [6, 6.07) is 10.8. The maximum Gasteiger partial charge on any atom is 0.123 e. The van der Waals surface area contributed by atoms with Crippen LogP contribution in [0.3, 0.4) is 0 Å². The SMILES string of the molecule is CCC(N)Cc1cc(C)ccc1N(C)Cc1ccc(C)o1. The first-order valence-electron chi connectivity index (χ1n) is 7.61. The number of anilines is 1. The zero-order valence-corrected chi connectivity index (χ0v) is 13.5. The summed E-state index contributed by atoms with van der Waals surface area (Å²) in [7, 11) is 2.10. The largest absolute Gasteiger partial charge is 0.464 e. The normalized spacial score (nSPS) is 12.4. The van der Waals surface area contributed by atoms with Gasteiger partial charge in [-0.15, -0.1) is 0 Å². The lowest BCUT2D eigenvalue weighted by atomic mass is 10.00. The van der Waals surface area contributed by atoms with Gasteiger partial charge in [0.05, 0.1) is 6.54 Å². The molecular weight excluding hydrogens is 260 g/mol. The van der Waals surface area contributed by atoms with Gasteiger partial charge in [0.1, 0.15) is 11.5 Å². The fourth-order valence-corrected chi connectivity index (χ4v) is 2.57. The minimum atomic E-state index is 0.213. The number of hydrogen-bond acceptors (Lipinski definition) is 3. The van der Waals surface area contributed by atoms with Crippen LogP contribution >= 0.6 is 0 Å². The van der Waals surface area contributed by atoms with Crippen molar-refractivity contribution in [3.63, 3.8) is 0 Å². The number of hydrogen-bond donors (Lipinski definition) is 1. The van der Waals surface area contributed by atoms with Crippen LogP contribution in [0, 0.1) is 13.8 Å². The Balaban J connectivity index is 2.20. The fourth-order valence-electron chi connectivity index (χ4n) is 2.57. The molecule has 3 heteroatoms. The first kappa shape index (κ1) is 15.6. The third-order valence-corrected chi connectivity index (χ3v) is 3.84. The summed E-state index contributed by atoms with van der Waals surface area (Å²) in [5.74, 6) is 1.94. The quantitative estimate of drug-likeness (QED) is 0.878. The minimum Gasteiger partial charge on any atom is -0.464 e. The number of nitrogens with two attached hydrogens (primary N) is 1. The van der Waals surface area contributed by atoms with Crippen LogP contribution in [0.2, 0.25) is 0 Å². The van der Waals surface area contributed by atoms with Crippen molar-refractivity contribution >= 4 is 5.69 Å². The van der Waals surface area contributed by atoms with Crippen LogP contribution in [0.15, 0.2) is 34.7 Å². The maximum atomic E-state index is 6.14. The first-order chi connectivity index (χ1) is 9.99. The van der Waals surface area contributed by atoms with E-state index in [0.717, 1.165) is 30.9 Å². The highest BCUT2D eigenvalue weighted by Crippen LogP contribution is 2.24. The van der Waals surface area contributed by atoms with E-state index < -0.39 is 0 Å². The van der Waals surface area contributed by atoms with Gasteiger partial charge in [0.15, 0.2) is 0 Å². The van der Waals surface area contributed by atoms with Crippen LogP contribution in [0.4, 0.5) is 5.69 Å². The van der Waals surface area contributed by atoms with Crippen molar-refractivity contribution in [2.75, 3.05) is 11.9 Å². The highest BCUT2D eigenvalue weighted by molar-refractivity contribution is 5.55. The van der Waals surface area contributed by atoms with Crippen LogP contribution < -0.4 is 10.6 Å². The predicted octanol–water partition coefficient (Wildman–Crippen LogP) is 3.81. The Morgan fingerprint density at radius 3 is 2.57 bits per heavy atom. The van der Waals surface area contributed by atoms with Crippen molar-refractivity contribution in [1.29, 1.82) is 0 Å². The Morgan fingerprint density at radius 1 is 1.19 bits per heavy atom. The van der Waals surface area contributed by atoms with E-state index >= 15 is 0 Å². The molecule has 0 fully saturated rings. The van der Waals surface area contributed by atoms with E-state index in [1.54, 1.807) is 0 Å². The monoisotopic (exact) mass is 286 g/mol. The van der Waals surface area contributed by atoms with Crippen LogP contribution in [0.1, 0.15) is 36.0 Å². The molecule has 0 aliphatic carbocycles. The summed E-state index contributed by atoms with van der Waals surface area (Å²) in [4.78, 5) is 2.23. The molecule has 0 radical (unpaired) electrons. The first-order valence-corrected chi connectivity index (χ1v) is 7.61. The molecule has 0 amide bonds. The molecular formula is C18H26N2O. The third kappa shape index (κ3) is 4.11. The number of aryl methyl sites for hydroxylation is 2. The van der Waals surface area contributed by atoms with Crippen LogP contribution in [0.5, 0.6) is 0 Å². The van der Waals surface area contributed by atoms with E-state index in [4.69, 9.17) is 10.2 Å². The Bertz CT molecular complexity index is 589. The molecule has 1 heterocycles. The Morgan fingerprint density at radius 2 is 1.95 bits per heavy atom. The Kier molecular flexibility index (Phi) is 5.07. The Hall–Kier alpha value is -1.74. The summed E-state index contributed by atoms with van der Waals surface area (Å²) >= 11 is 0. The van der Waals surface area contributed by atoms with E-state index in [1.165, 1.54) is 16.8 Å². The number of benzene rings is 1. The number of furan rings is 1. The number of rotatable bonds is 6. The van der Waals surface area contributed by atoms with Gasteiger partial charge in [-0.2, -0.15) is 0 Å². The average Bonchev–Trinajstić information content (AvgIpc) is 2.84. The second kappa shape index (κ2) is 6.81. The standard InChI is InChI=1S/C18H26N2O/c1-5-16(19)11-15-10-13(2)6-9-18(15)20(4)12-17-8-7-14(3)21-17/h6-10,16H,5,11-12,19H2,1-4H3. The van der Waals surface area contributed by atoms with E-state index in [2.05, 4.69) is 44.0 Å². The molecule has 2 N–H and O–H groups in total. The van der Waals surface area contributed by atoms with E-state index in [9.17, 15) is 0 Å². The lowest BCUT2D eigenvalue weighted by molar-refractivity contribution is 0.481. The van der Waals surface area contributed by atoms with Crippen LogP contribution in [0.25, 0.3) is 0 Å². The van der Waals surface area contributed by atoms with Crippen molar-refractivity contribution in [3.05, 3.63) is 53.0 Å². The van der Waals surface area contributed by atoms with Gasteiger partial charge in [-0.3, -0.25) is 0 Å².